The van der Waals surface area contributed by atoms with Gasteiger partial charge in [-0.3, -0.25) is 9.59 Å². The number of benzene rings is 2. The number of aryl methyl sites for hydroxylation is 1. The van der Waals surface area contributed by atoms with Crippen LogP contribution < -0.4 is 16.4 Å². The second kappa shape index (κ2) is 8.84. The average Bonchev–Trinajstić information content (AvgIpc) is 2.60. The molecule has 0 atom stereocenters. The maximum atomic E-state index is 12.3. The molecule has 2 aromatic carbocycles. The van der Waals surface area contributed by atoms with Gasteiger partial charge in [0, 0.05) is 13.1 Å². The number of anilines is 1. The van der Waals surface area contributed by atoms with Crippen LogP contribution in [0.5, 0.6) is 0 Å². The van der Waals surface area contributed by atoms with E-state index in [1.54, 1.807) is 24.3 Å². The van der Waals surface area contributed by atoms with Crippen molar-refractivity contribution >= 4 is 17.5 Å². The third-order valence-electron chi connectivity index (χ3n) is 3.67. The van der Waals surface area contributed by atoms with Crippen LogP contribution in [-0.4, -0.2) is 24.9 Å². The molecule has 2 amide bonds. The maximum Gasteiger partial charge on any atom is 0.253 e. The number of hydrogen-bond acceptors (Lipinski definition) is 3. The van der Waals surface area contributed by atoms with Gasteiger partial charge in [-0.05, 0) is 29.7 Å². The summed E-state index contributed by atoms with van der Waals surface area (Å²) in [7, 11) is 0. The Kier molecular flexibility index (Phi) is 6.51. The Morgan fingerprint density at radius 2 is 1.67 bits per heavy atom. The minimum Gasteiger partial charge on any atom is -0.351 e. The first-order chi connectivity index (χ1) is 11.6. The molecule has 0 fully saturated rings. The minimum atomic E-state index is -0.247. The van der Waals surface area contributed by atoms with E-state index in [4.69, 9.17) is 5.73 Å². The Balaban J connectivity index is 2.04. The van der Waals surface area contributed by atoms with E-state index >= 15 is 0 Å². The smallest absolute Gasteiger partial charge is 0.253 e. The third kappa shape index (κ3) is 4.93. The molecule has 4 N–H and O–H groups in total. The van der Waals surface area contributed by atoms with Gasteiger partial charge in [0.05, 0.1) is 17.7 Å². The highest BCUT2D eigenvalue weighted by Crippen LogP contribution is 2.15. The molecule has 0 heterocycles. The molecule has 0 bridgehead atoms. The third-order valence-corrected chi connectivity index (χ3v) is 3.67. The van der Waals surface area contributed by atoms with Gasteiger partial charge >= 0.3 is 0 Å². The molecule has 24 heavy (non-hydrogen) atoms. The summed E-state index contributed by atoms with van der Waals surface area (Å²) in [6, 6.07) is 14.9. The van der Waals surface area contributed by atoms with Crippen molar-refractivity contribution in [1.82, 2.24) is 5.32 Å². The van der Waals surface area contributed by atoms with E-state index in [0.29, 0.717) is 24.3 Å². The second-order valence-electron chi connectivity index (χ2n) is 5.49. The lowest BCUT2D eigenvalue weighted by Gasteiger charge is -2.11. The van der Waals surface area contributed by atoms with Crippen molar-refractivity contribution in [3.05, 3.63) is 65.2 Å². The summed E-state index contributed by atoms with van der Waals surface area (Å²) in [6.07, 6.45) is 1.24. The standard InChI is InChI=1S/C19H23N3O2/c1-2-14-7-9-15(10-8-14)13-18(23)22-17-6-4-3-5-16(17)19(24)21-12-11-20/h3-10H,2,11-13,20H2,1H3,(H,21,24)(H,22,23). The number of carbonyl (C=O) groups excluding carboxylic acids is 2. The fraction of sp³-hybridized carbons (Fsp3) is 0.263. The Morgan fingerprint density at radius 3 is 2.33 bits per heavy atom. The molecule has 0 saturated carbocycles. The van der Waals surface area contributed by atoms with Gasteiger partial charge in [0.1, 0.15) is 0 Å². The molecule has 2 rings (SSSR count). The zero-order chi connectivity index (χ0) is 17.4. The maximum absolute atomic E-state index is 12.3. The first-order valence-electron chi connectivity index (χ1n) is 8.09. The van der Waals surface area contributed by atoms with E-state index in [1.807, 2.05) is 24.3 Å². The van der Waals surface area contributed by atoms with E-state index in [0.717, 1.165) is 12.0 Å². The van der Waals surface area contributed by atoms with Gasteiger partial charge in [0.25, 0.3) is 5.91 Å². The van der Waals surface area contributed by atoms with Crippen LogP contribution in [0.25, 0.3) is 0 Å². The molecule has 0 aliphatic carbocycles. The molecule has 0 unspecified atom stereocenters. The molecule has 126 valence electrons. The first kappa shape index (κ1) is 17.7. The number of rotatable bonds is 7. The molecule has 0 aromatic heterocycles. The number of hydrogen-bond donors (Lipinski definition) is 3. The molecule has 5 heteroatoms. The van der Waals surface area contributed by atoms with Gasteiger partial charge in [0.15, 0.2) is 0 Å². The van der Waals surface area contributed by atoms with Crippen molar-refractivity contribution in [2.45, 2.75) is 19.8 Å². The normalized spacial score (nSPS) is 10.2. The van der Waals surface area contributed by atoms with Crippen molar-refractivity contribution in [1.29, 1.82) is 0 Å². The zero-order valence-corrected chi connectivity index (χ0v) is 13.8. The summed E-state index contributed by atoms with van der Waals surface area (Å²) in [5, 5.41) is 5.52. The highest BCUT2D eigenvalue weighted by Gasteiger charge is 2.12. The topological polar surface area (TPSA) is 84.2 Å². The molecule has 2 aromatic rings. The molecule has 0 aliphatic heterocycles. The van der Waals surface area contributed by atoms with Gasteiger partial charge in [-0.15, -0.1) is 0 Å². The van der Waals surface area contributed by atoms with Crippen molar-refractivity contribution in [2.75, 3.05) is 18.4 Å². The van der Waals surface area contributed by atoms with Crippen molar-refractivity contribution < 1.29 is 9.59 Å². The number of amides is 2. The van der Waals surface area contributed by atoms with Crippen LogP contribution in [0.1, 0.15) is 28.4 Å². The van der Waals surface area contributed by atoms with Gasteiger partial charge in [0.2, 0.25) is 5.91 Å². The molecule has 5 nitrogen and oxygen atoms in total. The fourth-order valence-corrected chi connectivity index (χ4v) is 2.34. The Morgan fingerprint density at radius 1 is 1.00 bits per heavy atom. The zero-order valence-electron chi connectivity index (χ0n) is 13.8. The predicted molar refractivity (Wildman–Crippen MR) is 96.0 cm³/mol. The number of nitrogens with two attached hydrogens (primary N) is 1. The summed E-state index contributed by atoms with van der Waals surface area (Å²) in [6.45, 7) is 2.85. The average molecular weight is 325 g/mol. The summed E-state index contributed by atoms with van der Waals surface area (Å²) < 4.78 is 0. The molecular weight excluding hydrogens is 302 g/mol. The monoisotopic (exact) mass is 325 g/mol. The van der Waals surface area contributed by atoms with E-state index in [1.165, 1.54) is 5.56 Å². The SMILES string of the molecule is CCc1ccc(CC(=O)Nc2ccccc2C(=O)NCCN)cc1. The lowest BCUT2D eigenvalue weighted by Crippen LogP contribution is -2.30. The molecule has 0 aliphatic rings. The van der Waals surface area contributed by atoms with E-state index in [9.17, 15) is 9.59 Å². The van der Waals surface area contributed by atoms with Crippen LogP contribution in [0.4, 0.5) is 5.69 Å². The van der Waals surface area contributed by atoms with Crippen molar-refractivity contribution in [3.63, 3.8) is 0 Å². The van der Waals surface area contributed by atoms with Gasteiger partial charge in [-0.2, -0.15) is 0 Å². The van der Waals surface area contributed by atoms with Crippen LogP contribution in [0.15, 0.2) is 48.5 Å². The Hall–Kier alpha value is -2.66. The number of nitrogens with one attached hydrogen (secondary N) is 2. The van der Waals surface area contributed by atoms with Crippen LogP contribution in [0.3, 0.4) is 0 Å². The van der Waals surface area contributed by atoms with Crippen LogP contribution in [0, 0.1) is 0 Å². The van der Waals surface area contributed by atoms with Crippen molar-refractivity contribution in [2.24, 2.45) is 5.73 Å². The molecule has 0 saturated heterocycles. The number of carbonyl (C=O) groups is 2. The van der Waals surface area contributed by atoms with Gasteiger partial charge in [-0.1, -0.05) is 43.3 Å². The largest absolute Gasteiger partial charge is 0.351 e. The summed E-state index contributed by atoms with van der Waals surface area (Å²) >= 11 is 0. The Labute approximate surface area is 142 Å². The molecular formula is C19H23N3O2. The lowest BCUT2D eigenvalue weighted by atomic mass is 10.1. The predicted octanol–water partition coefficient (Wildman–Crippen LogP) is 2.12. The highest BCUT2D eigenvalue weighted by molar-refractivity contribution is 6.04. The van der Waals surface area contributed by atoms with Gasteiger partial charge < -0.3 is 16.4 Å². The summed E-state index contributed by atoms with van der Waals surface area (Å²) in [4.78, 5) is 24.4. The quantitative estimate of drug-likeness (QED) is 0.729. The molecule has 0 spiro atoms. The first-order valence-corrected chi connectivity index (χ1v) is 8.09. The lowest BCUT2D eigenvalue weighted by molar-refractivity contribution is -0.115. The van der Waals surface area contributed by atoms with E-state index in [-0.39, 0.29) is 18.2 Å². The fourth-order valence-electron chi connectivity index (χ4n) is 2.34. The summed E-state index contributed by atoms with van der Waals surface area (Å²) in [5.74, 6) is -0.401. The second-order valence-corrected chi connectivity index (χ2v) is 5.49. The van der Waals surface area contributed by atoms with Crippen LogP contribution >= 0.6 is 0 Å². The highest BCUT2D eigenvalue weighted by atomic mass is 16.2. The van der Waals surface area contributed by atoms with E-state index < -0.39 is 0 Å². The Bertz CT molecular complexity index is 696. The van der Waals surface area contributed by atoms with Crippen LogP contribution in [0.2, 0.25) is 0 Å². The summed E-state index contributed by atoms with van der Waals surface area (Å²) in [5.41, 5.74) is 8.51. The van der Waals surface area contributed by atoms with Crippen molar-refractivity contribution in [3.8, 4) is 0 Å². The minimum absolute atomic E-state index is 0.154. The number of para-hydroxylation sites is 1. The van der Waals surface area contributed by atoms with Gasteiger partial charge in [-0.25, -0.2) is 0 Å². The molecule has 0 radical (unpaired) electrons. The van der Waals surface area contributed by atoms with Crippen LogP contribution in [-0.2, 0) is 17.6 Å². The van der Waals surface area contributed by atoms with E-state index in [2.05, 4.69) is 17.6 Å².